The standard InChI is InChI=1S/C22H21ClN2O/c1-15-12-19(23)8-9-20(15)21(17-6-4-3-5-7-17)14-22(25-26)18-10-11-24-16(2)13-18/h3-13,21-22H,14H2,1-2H3/t21-,22?/m0/s1. The van der Waals surface area contributed by atoms with Crippen LogP contribution < -0.4 is 0 Å². The summed E-state index contributed by atoms with van der Waals surface area (Å²) in [6.45, 7) is 3.97. The largest absolute Gasteiger partial charge is 0.262 e. The minimum atomic E-state index is -0.433. The third kappa shape index (κ3) is 4.17. The summed E-state index contributed by atoms with van der Waals surface area (Å²) in [4.78, 5) is 15.9. The van der Waals surface area contributed by atoms with E-state index in [2.05, 4.69) is 35.3 Å². The minimum absolute atomic E-state index is 0.0599. The normalized spacial score (nSPS) is 13.2. The highest BCUT2D eigenvalue weighted by molar-refractivity contribution is 6.30. The highest BCUT2D eigenvalue weighted by Gasteiger charge is 2.23. The molecule has 0 N–H and O–H groups in total. The highest BCUT2D eigenvalue weighted by Crippen LogP contribution is 2.37. The fourth-order valence-electron chi connectivity index (χ4n) is 3.40. The molecule has 3 nitrogen and oxygen atoms in total. The van der Waals surface area contributed by atoms with E-state index in [0.29, 0.717) is 11.4 Å². The Morgan fingerprint density at radius 3 is 2.42 bits per heavy atom. The van der Waals surface area contributed by atoms with Gasteiger partial charge in [0, 0.05) is 22.8 Å². The SMILES string of the molecule is Cc1cc(C(C[C@@H](c2ccccc2)c2ccc(Cl)cc2C)N=O)ccn1. The van der Waals surface area contributed by atoms with Crippen molar-refractivity contribution in [1.29, 1.82) is 0 Å². The van der Waals surface area contributed by atoms with E-state index in [1.165, 1.54) is 5.56 Å². The summed E-state index contributed by atoms with van der Waals surface area (Å²) in [5, 5.41) is 4.15. The quantitative estimate of drug-likeness (QED) is 0.476. The first-order valence-electron chi connectivity index (χ1n) is 8.64. The van der Waals surface area contributed by atoms with E-state index < -0.39 is 6.04 Å². The van der Waals surface area contributed by atoms with Gasteiger partial charge in [0.25, 0.3) is 0 Å². The number of pyridine rings is 1. The van der Waals surface area contributed by atoms with Gasteiger partial charge in [-0.1, -0.05) is 53.2 Å². The van der Waals surface area contributed by atoms with Gasteiger partial charge in [-0.15, -0.1) is 0 Å². The number of nitrogens with zero attached hydrogens (tertiary/aromatic N) is 2. The molecule has 1 heterocycles. The van der Waals surface area contributed by atoms with Gasteiger partial charge in [-0.25, -0.2) is 0 Å². The molecule has 1 aromatic heterocycles. The van der Waals surface area contributed by atoms with Gasteiger partial charge in [-0.2, -0.15) is 4.91 Å². The van der Waals surface area contributed by atoms with Crippen molar-refractivity contribution in [3.05, 3.63) is 105 Å². The Morgan fingerprint density at radius 1 is 1.00 bits per heavy atom. The van der Waals surface area contributed by atoms with Crippen LogP contribution in [0.4, 0.5) is 0 Å². The summed E-state index contributed by atoms with van der Waals surface area (Å²) >= 11 is 6.14. The fourth-order valence-corrected chi connectivity index (χ4v) is 3.62. The van der Waals surface area contributed by atoms with Crippen LogP contribution in [-0.4, -0.2) is 4.98 Å². The molecule has 0 radical (unpaired) electrons. The maximum atomic E-state index is 11.7. The van der Waals surface area contributed by atoms with E-state index >= 15 is 0 Å². The third-order valence-corrected chi connectivity index (χ3v) is 4.94. The summed E-state index contributed by atoms with van der Waals surface area (Å²) in [6, 6.07) is 19.5. The number of aryl methyl sites for hydroxylation is 2. The van der Waals surface area contributed by atoms with Crippen LogP contribution >= 0.6 is 11.6 Å². The lowest BCUT2D eigenvalue weighted by molar-refractivity contribution is 0.591. The van der Waals surface area contributed by atoms with E-state index in [1.807, 2.05) is 49.4 Å². The Labute approximate surface area is 159 Å². The van der Waals surface area contributed by atoms with Gasteiger partial charge < -0.3 is 0 Å². The average Bonchev–Trinajstić information content (AvgIpc) is 2.64. The van der Waals surface area contributed by atoms with E-state index in [1.54, 1.807) is 6.20 Å². The maximum absolute atomic E-state index is 11.7. The first kappa shape index (κ1) is 18.3. The van der Waals surface area contributed by atoms with Crippen molar-refractivity contribution < 1.29 is 0 Å². The molecule has 1 unspecified atom stereocenters. The molecule has 0 saturated carbocycles. The molecule has 26 heavy (non-hydrogen) atoms. The van der Waals surface area contributed by atoms with Gasteiger partial charge in [0.15, 0.2) is 0 Å². The van der Waals surface area contributed by atoms with Crippen LogP contribution in [0.2, 0.25) is 5.02 Å². The van der Waals surface area contributed by atoms with Gasteiger partial charge in [-0.3, -0.25) is 4.98 Å². The molecule has 0 aliphatic carbocycles. The molecule has 3 aromatic rings. The van der Waals surface area contributed by atoms with Crippen molar-refractivity contribution >= 4 is 11.6 Å². The molecular weight excluding hydrogens is 344 g/mol. The zero-order valence-corrected chi connectivity index (χ0v) is 15.6. The topological polar surface area (TPSA) is 42.3 Å². The summed E-state index contributed by atoms with van der Waals surface area (Å²) in [7, 11) is 0. The van der Waals surface area contributed by atoms with Crippen LogP contribution in [0.5, 0.6) is 0 Å². The van der Waals surface area contributed by atoms with E-state index in [0.717, 1.165) is 22.4 Å². The molecule has 0 aliphatic rings. The van der Waals surface area contributed by atoms with Crippen LogP contribution in [0.15, 0.2) is 72.0 Å². The molecule has 0 saturated heterocycles. The monoisotopic (exact) mass is 364 g/mol. The maximum Gasteiger partial charge on any atom is 0.118 e. The van der Waals surface area contributed by atoms with Crippen LogP contribution in [0.3, 0.4) is 0 Å². The van der Waals surface area contributed by atoms with Crippen molar-refractivity contribution in [2.45, 2.75) is 32.2 Å². The zero-order valence-electron chi connectivity index (χ0n) is 14.9. The number of aromatic nitrogens is 1. The van der Waals surface area contributed by atoms with Crippen LogP contribution in [0.25, 0.3) is 0 Å². The first-order valence-corrected chi connectivity index (χ1v) is 9.02. The molecule has 4 heteroatoms. The Bertz CT molecular complexity index is 896. The molecule has 132 valence electrons. The summed E-state index contributed by atoms with van der Waals surface area (Å²) in [6.07, 6.45) is 2.33. The van der Waals surface area contributed by atoms with Crippen molar-refractivity contribution in [3.63, 3.8) is 0 Å². The average molecular weight is 365 g/mol. The molecule has 0 fully saturated rings. The number of rotatable bonds is 6. The van der Waals surface area contributed by atoms with Crippen LogP contribution in [0, 0.1) is 18.8 Å². The van der Waals surface area contributed by atoms with Gasteiger partial charge >= 0.3 is 0 Å². The van der Waals surface area contributed by atoms with Gasteiger partial charge in [0.05, 0.1) is 0 Å². The number of hydrogen-bond donors (Lipinski definition) is 0. The van der Waals surface area contributed by atoms with Gasteiger partial charge in [-0.05, 0) is 66.8 Å². The zero-order chi connectivity index (χ0) is 18.5. The lowest BCUT2D eigenvalue weighted by Gasteiger charge is -2.23. The molecule has 3 rings (SSSR count). The Balaban J connectivity index is 2.02. The number of benzene rings is 2. The van der Waals surface area contributed by atoms with Gasteiger partial charge in [0.2, 0.25) is 0 Å². The molecule has 0 bridgehead atoms. The number of hydrogen-bond acceptors (Lipinski definition) is 3. The fraction of sp³-hybridized carbons (Fsp3) is 0.227. The van der Waals surface area contributed by atoms with Crippen LogP contribution in [0.1, 0.15) is 46.3 Å². The van der Waals surface area contributed by atoms with E-state index in [4.69, 9.17) is 11.6 Å². The smallest absolute Gasteiger partial charge is 0.118 e. The molecule has 2 atom stereocenters. The van der Waals surface area contributed by atoms with Crippen molar-refractivity contribution in [2.75, 3.05) is 0 Å². The predicted octanol–water partition coefficient (Wildman–Crippen LogP) is 6.38. The Hall–Kier alpha value is -2.52. The Morgan fingerprint density at radius 2 is 1.77 bits per heavy atom. The second kappa shape index (κ2) is 8.24. The molecular formula is C22H21ClN2O. The second-order valence-electron chi connectivity index (χ2n) is 6.55. The van der Waals surface area contributed by atoms with E-state index in [9.17, 15) is 4.91 Å². The summed E-state index contributed by atoms with van der Waals surface area (Å²) < 4.78 is 0. The second-order valence-corrected chi connectivity index (χ2v) is 6.99. The third-order valence-electron chi connectivity index (χ3n) is 4.70. The first-order chi connectivity index (χ1) is 12.6. The predicted molar refractivity (Wildman–Crippen MR) is 107 cm³/mol. The number of halogens is 1. The van der Waals surface area contributed by atoms with Crippen molar-refractivity contribution in [1.82, 2.24) is 4.98 Å². The number of nitroso groups, excluding NO2 is 1. The van der Waals surface area contributed by atoms with Crippen molar-refractivity contribution in [2.24, 2.45) is 5.18 Å². The Kier molecular flexibility index (Phi) is 5.79. The lowest BCUT2D eigenvalue weighted by atomic mass is 9.82. The van der Waals surface area contributed by atoms with Crippen LogP contribution in [-0.2, 0) is 0 Å². The highest BCUT2D eigenvalue weighted by atomic mass is 35.5. The molecule has 2 aromatic carbocycles. The van der Waals surface area contributed by atoms with Crippen molar-refractivity contribution in [3.8, 4) is 0 Å². The van der Waals surface area contributed by atoms with E-state index in [-0.39, 0.29) is 5.92 Å². The molecule has 0 amide bonds. The molecule has 0 aliphatic heterocycles. The van der Waals surface area contributed by atoms with Gasteiger partial charge in [0.1, 0.15) is 6.04 Å². The lowest BCUT2D eigenvalue weighted by Crippen LogP contribution is -2.08. The summed E-state index contributed by atoms with van der Waals surface area (Å²) in [5.74, 6) is 0.0599. The molecule has 0 spiro atoms. The minimum Gasteiger partial charge on any atom is -0.262 e. The summed E-state index contributed by atoms with van der Waals surface area (Å²) in [5.41, 5.74) is 5.23.